The number of nitrogens with zero attached hydrogens (tertiary/aromatic N) is 3. The van der Waals surface area contributed by atoms with Crippen LogP contribution in [0, 0.1) is 20.2 Å². The summed E-state index contributed by atoms with van der Waals surface area (Å²) in [6, 6.07) is 7.21. The maximum Gasteiger partial charge on any atom is 0.311 e. The van der Waals surface area contributed by atoms with E-state index in [9.17, 15) is 30.4 Å². The Bertz CT molecular complexity index is 788. The molecule has 2 rings (SSSR count). The molecule has 3 N–H and O–H groups in total. The molecule has 0 bridgehead atoms. The molecule has 23 heavy (non-hydrogen) atoms. The number of nitrogens with one attached hydrogen (secondary N) is 1. The van der Waals surface area contributed by atoms with E-state index in [1.807, 2.05) is 0 Å². The van der Waals surface area contributed by atoms with Gasteiger partial charge in [-0.05, 0) is 12.1 Å². The molecule has 0 atom stereocenters. The minimum absolute atomic E-state index is 0.0175. The monoisotopic (exact) mass is 318 g/mol. The molecule has 0 heterocycles. The molecule has 10 nitrogen and oxygen atoms in total. The number of non-ortho nitro benzene ring substituents is 1. The Balaban J connectivity index is 2.15. The number of phenolic OH excluding ortho intramolecular Hbond substituents is 2. The van der Waals surface area contributed by atoms with Gasteiger partial charge in [-0.25, -0.2) is 0 Å². The summed E-state index contributed by atoms with van der Waals surface area (Å²) in [5.41, 5.74) is 2.37. The fourth-order valence-corrected chi connectivity index (χ4v) is 1.67. The standard InChI is InChI=1S/C13H10N4O6/c18-12-6-13(19)11(17(22)23)5-8(12)7-14-15-9-1-3-10(4-2-9)16(20)21/h1-7,15,18-19H. The number of hydrogen-bond acceptors (Lipinski definition) is 8. The molecule has 0 unspecified atom stereocenters. The Morgan fingerprint density at radius 1 is 1.00 bits per heavy atom. The number of phenols is 2. The van der Waals surface area contributed by atoms with Gasteiger partial charge in [0, 0.05) is 29.8 Å². The maximum absolute atomic E-state index is 10.7. The predicted molar refractivity (Wildman–Crippen MR) is 80.7 cm³/mol. The van der Waals surface area contributed by atoms with Gasteiger partial charge in [-0.1, -0.05) is 0 Å². The zero-order chi connectivity index (χ0) is 17.0. The van der Waals surface area contributed by atoms with E-state index in [2.05, 4.69) is 10.5 Å². The molecule has 0 saturated carbocycles. The molecule has 2 aromatic rings. The molecule has 0 aliphatic rings. The van der Waals surface area contributed by atoms with Crippen molar-refractivity contribution in [2.75, 3.05) is 5.43 Å². The third-order valence-corrected chi connectivity index (χ3v) is 2.80. The molecular weight excluding hydrogens is 308 g/mol. The van der Waals surface area contributed by atoms with E-state index in [1.165, 1.54) is 24.3 Å². The average Bonchev–Trinajstić information content (AvgIpc) is 2.49. The van der Waals surface area contributed by atoms with Gasteiger partial charge in [-0.3, -0.25) is 25.7 Å². The topological polar surface area (TPSA) is 151 Å². The van der Waals surface area contributed by atoms with Crippen molar-refractivity contribution < 1.29 is 20.1 Å². The third kappa shape index (κ3) is 3.69. The second kappa shape index (κ2) is 6.39. The molecule has 10 heteroatoms. The Kier molecular flexibility index (Phi) is 4.36. The van der Waals surface area contributed by atoms with Gasteiger partial charge in [0.25, 0.3) is 5.69 Å². The maximum atomic E-state index is 10.7. The van der Waals surface area contributed by atoms with Crippen LogP contribution in [-0.2, 0) is 0 Å². The van der Waals surface area contributed by atoms with Crippen molar-refractivity contribution in [3.8, 4) is 11.5 Å². The first kappa shape index (κ1) is 15.7. The summed E-state index contributed by atoms with van der Waals surface area (Å²) in [6.07, 6.45) is 1.11. The van der Waals surface area contributed by atoms with Crippen molar-refractivity contribution in [2.45, 2.75) is 0 Å². The van der Waals surface area contributed by atoms with Gasteiger partial charge >= 0.3 is 5.69 Å². The lowest BCUT2D eigenvalue weighted by atomic mass is 10.2. The molecule has 0 amide bonds. The molecule has 0 aliphatic carbocycles. The van der Waals surface area contributed by atoms with Crippen LogP contribution in [-0.4, -0.2) is 26.3 Å². The quantitative estimate of drug-likeness (QED) is 0.434. The second-order valence-electron chi connectivity index (χ2n) is 4.33. The first-order chi connectivity index (χ1) is 10.9. The first-order valence-electron chi connectivity index (χ1n) is 6.12. The van der Waals surface area contributed by atoms with E-state index in [0.29, 0.717) is 5.69 Å². The first-order valence-corrected chi connectivity index (χ1v) is 6.12. The van der Waals surface area contributed by atoms with Gasteiger partial charge in [0.2, 0.25) is 0 Å². The van der Waals surface area contributed by atoms with Crippen molar-refractivity contribution in [3.63, 3.8) is 0 Å². The van der Waals surface area contributed by atoms with E-state index in [4.69, 9.17) is 0 Å². The third-order valence-electron chi connectivity index (χ3n) is 2.80. The normalized spacial score (nSPS) is 10.6. The van der Waals surface area contributed by atoms with E-state index in [0.717, 1.165) is 18.3 Å². The zero-order valence-electron chi connectivity index (χ0n) is 11.4. The van der Waals surface area contributed by atoms with Gasteiger partial charge in [0.15, 0.2) is 5.75 Å². The number of anilines is 1. The Morgan fingerprint density at radius 2 is 1.65 bits per heavy atom. The lowest BCUT2D eigenvalue weighted by molar-refractivity contribution is -0.385. The zero-order valence-corrected chi connectivity index (χ0v) is 11.4. The van der Waals surface area contributed by atoms with Gasteiger partial charge in [-0.15, -0.1) is 0 Å². The van der Waals surface area contributed by atoms with Crippen molar-refractivity contribution in [1.82, 2.24) is 0 Å². The highest BCUT2D eigenvalue weighted by Gasteiger charge is 2.16. The van der Waals surface area contributed by atoms with Crippen LogP contribution < -0.4 is 5.43 Å². The Morgan fingerprint density at radius 3 is 2.22 bits per heavy atom. The van der Waals surface area contributed by atoms with Crippen LogP contribution in [0.4, 0.5) is 17.1 Å². The molecule has 2 aromatic carbocycles. The number of hydrazone groups is 1. The molecule has 0 aliphatic heterocycles. The van der Waals surface area contributed by atoms with Crippen molar-refractivity contribution >= 4 is 23.3 Å². The molecular formula is C13H10N4O6. The van der Waals surface area contributed by atoms with Crippen LogP contribution in [0.1, 0.15) is 5.56 Å². The summed E-state index contributed by atoms with van der Waals surface area (Å²) < 4.78 is 0. The van der Waals surface area contributed by atoms with E-state index < -0.39 is 21.3 Å². The Labute approximate surface area is 128 Å². The number of nitro benzene ring substituents is 2. The predicted octanol–water partition coefficient (Wildman–Crippen LogP) is 2.36. The fourth-order valence-electron chi connectivity index (χ4n) is 1.67. The van der Waals surface area contributed by atoms with Gasteiger partial charge in [0.05, 0.1) is 21.7 Å². The van der Waals surface area contributed by atoms with E-state index >= 15 is 0 Å². The van der Waals surface area contributed by atoms with Crippen molar-refractivity contribution in [3.05, 3.63) is 62.2 Å². The van der Waals surface area contributed by atoms with E-state index in [1.54, 1.807) is 0 Å². The highest BCUT2D eigenvalue weighted by molar-refractivity contribution is 5.86. The lowest BCUT2D eigenvalue weighted by Gasteiger charge is -2.02. The summed E-state index contributed by atoms with van der Waals surface area (Å²) in [5, 5.41) is 44.0. The van der Waals surface area contributed by atoms with Gasteiger partial charge in [0.1, 0.15) is 5.75 Å². The largest absolute Gasteiger partial charge is 0.507 e. The van der Waals surface area contributed by atoms with E-state index in [-0.39, 0.29) is 17.0 Å². The minimum Gasteiger partial charge on any atom is -0.507 e. The summed E-state index contributed by atoms with van der Waals surface area (Å²) >= 11 is 0. The SMILES string of the molecule is O=[N+]([O-])c1ccc(NN=Cc2cc([N+](=O)[O-])c(O)cc2O)cc1. The van der Waals surface area contributed by atoms with Crippen LogP contribution in [0.2, 0.25) is 0 Å². The van der Waals surface area contributed by atoms with Crippen molar-refractivity contribution in [2.24, 2.45) is 5.10 Å². The molecule has 0 spiro atoms. The number of hydrogen-bond donors (Lipinski definition) is 3. The number of rotatable bonds is 5. The number of nitro groups is 2. The van der Waals surface area contributed by atoms with Crippen molar-refractivity contribution in [1.29, 1.82) is 0 Å². The highest BCUT2D eigenvalue weighted by atomic mass is 16.6. The fraction of sp³-hybridized carbons (Fsp3) is 0. The molecule has 0 fully saturated rings. The summed E-state index contributed by atoms with van der Waals surface area (Å²) in [7, 11) is 0. The van der Waals surface area contributed by atoms with Crippen LogP contribution in [0.5, 0.6) is 11.5 Å². The highest BCUT2D eigenvalue weighted by Crippen LogP contribution is 2.32. The van der Waals surface area contributed by atoms with Gasteiger partial charge < -0.3 is 10.2 Å². The average molecular weight is 318 g/mol. The second-order valence-corrected chi connectivity index (χ2v) is 4.33. The van der Waals surface area contributed by atoms with Gasteiger partial charge in [-0.2, -0.15) is 5.10 Å². The lowest BCUT2D eigenvalue weighted by Crippen LogP contribution is -1.94. The summed E-state index contributed by atoms with van der Waals surface area (Å²) in [4.78, 5) is 19.9. The Hall–Kier alpha value is -3.69. The molecule has 0 aromatic heterocycles. The van der Waals surface area contributed by atoms with Crippen LogP contribution in [0.3, 0.4) is 0 Å². The van der Waals surface area contributed by atoms with Crippen LogP contribution >= 0.6 is 0 Å². The molecule has 0 radical (unpaired) electrons. The summed E-state index contributed by atoms with van der Waals surface area (Å²) in [5.74, 6) is -1.05. The minimum atomic E-state index is -0.796. The number of benzene rings is 2. The smallest absolute Gasteiger partial charge is 0.311 e. The molecule has 0 saturated heterocycles. The molecule has 118 valence electrons. The summed E-state index contributed by atoms with van der Waals surface area (Å²) in [6.45, 7) is 0. The van der Waals surface area contributed by atoms with Crippen LogP contribution in [0.15, 0.2) is 41.5 Å². The van der Waals surface area contributed by atoms with Crippen LogP contribution in [0.25, 0.3) is 0 Å². The number of aromatic hydroxyl groups is 2.